The van der Waals surface area contributed by atoms with Crippen molar-refractivity contribution in [3.8, 4) is 0 Å². The first-order chi connectivity index (χ1) is 12.5. The molecule has 3 aromatic heterocycles. The molecule has 4 aromatic rings. The third-order valence-corrected chi connectivity index (χ3v) is 4.45. The van der Waals surface area contributed by atoms with E-state index in [4.69, 9.17) is 20.8 Å². The van der Waals surface area contributed by atoms with Gasteiger partial charge in [0, 0.05) is 34.4 Å². The second-order valence-corrected chi connectivity index (χ2v) is 6.26. The summed E-state index contributed by atoms with van der Waals surface area (Å²) in [6.45, 7) is 1.73. The van der Waals surface area contributed by atoms with Gasteiger partial charge in [-0.25, -0.2) is 14.6 Å². The van der Waals surface area contributed by atoms with Crippen molar-refractivity contribution in [2.75, 3.05) is 0 Å². The number of imidazole rings is 1. The second kappa shape index (κ2) is 6.31. The Kier molecular flexibility index (Phi) is 3.97. The molecule has 0 fully saturated rings. The first-order valence-corrected chi connectivity index (χ1v) is 8.23. The quantitative estimate of drug-likeness (QED) is 0.406. The van der Waals surface area contributed by atoms with Crippen LogP contribution in [-0.4, -0.2) is 15.4 Å². The summed E-state index contributed by atoms with van der Waals surface area (Å²) < 4.78 is 12.3. The number of nitrogens with zero attached hydrogens (tertiary/aromatic N) is 2. The highest BCUT2D eigenvalue weighted by atomic mass is 35.5. The Morgan fingerprint density at radius 2 is 2.15 bits per heavy atom. The minimum atomic E-state index is -0.576. The standard InChI is InChI=1S/C19H13ClN2O4/c1-11-6-16-13(8-14(11)20)12(7-18(23)26-16)10-25-19(24)15-9-22-5-3-2-4-17(22)21-15/h2-9H,10H2,1H3. The molecule has 0 bridgehead atoms. The monoisotopic (exact) mass is 368 g/mol. The molecule has 0 aliphatic rings. The van der Waals surface area contributed by atoms with Crippen LogP contribution in [0.3, 0.4) is 0 Å². The van der Waals surface area contributed by atoms with Crippen LogP contribution in [0.1, 0.15) is 21.6 Å². The average molecular weight is 369 g/mol. The summed E-state index contributed by atoms with van der Waals surface area (Å²) in [5, 5.41) is 1.17. The van der Waals surface area contributed by atoms with E-state index in [9.17, 15) is 9.59 Å². The molecule has 130 valence electrons. The first-order valence-electron chi connectivity index (χ1n) is 7.85. The van der Waals surface area contributed by atoms with E-state index >= 15 is 0 Å². The number of carbonyl (C=O) groups excluding carboxylic acids is 1. The molecule has 7 heteroatoms. The molecule has 0 saturated carbocycles. The lowest BCUT2D eigenvalue weighted by molar-refractivity contribution is 0.0467. The van der Waals surface area contributed by atoms with Crippen LogP contribution in [0.15, 0.2) is 58.0 Å². The van der Waals surface area contributed by atoms with Crippen LogP contribution in [0.25, 0.3) is 16.6 Å². The largest absolute Gasteiger partial charge is 0.456 e. The van der Waals surface area contributed by atoms with Crippen LogP contribution >= 0.6 is 11.6 Å². The minimum Gasteiger partial charge on any atom is -0.456 e. The zero-order chi connectivity index (χ0) is 18.3. The molecule has 0 aliphatic carbocycles. The Bertz CT molecular complexity index is 1180. The summed E-state index contributed by atoms with van der Waals surface area (Å²) in [5.74, 6) is -0.576. The van der Waals surface area contributed by atoms with Gasteiger partial charge in [0.25, 0.3) is 0 Å². The van der Waals surface area contributed by atoms with Gasteiger partial charge in [0.2, 0.25) is 0 Å². The summed E-state index contributed by atoms with van der Waals surface area (Å²) in [4.78, 5) is 28.3. The number of ether oxygens (including phenoxy) is 1. The molecule has 6 nitrogen and oxygen atoms in total. The van der Waals surface area contributed by atoms with Crippen LogP contribution in [-0.2, 0) is 11.3 Å². The lowest BCUT2D eigenvalue weighted by Crippen LogP contribution is -2.08. The summed E-state index contributed by atoms with van der Waals surface area (Å²) in [6.07, 6.45) is 3.38. The Morgan fingerprint density at radius 3 is 2.96 bits per heavy atom. The average Bonchev–Trinajstić information content (AvgIpc) is 3.05. The molecule has 0 N–H and O–H groups in total. The van der Waals surface area contributed by atoms with Crippen molar-refractivity contribution in [1.82, 2.24) is 9.38 Å². The molecular weight excluding hydrogens is 356 g/mol. The lowest BCUT2D eigenvalue weighted by Gasteiger charge is -2.08. The van der Waals surface area contributed by atoms with E-state index in [1.54, 1.807) is 35.0 Å². The molecular formula is C19H13ClN2O4. The SMILES string of the molecule is Cc1cc2oc(=O)cc(COC(=O)c3cn4ccccc4n3)c2cc1Cl. The van der Waals surface area contributed by atoms with Crippen LogP contribution in [0, 0.1) is 6.92 Å². The number of esters is 1. The third kappa shape index (κ3) is 2.95. The van der Waals surface area contributed by atoms with Crippen LogP contribution in [0.4, 0.5) is 0 Å². The number of fused-ring (bicyclic) bond motifs is 2. The Balaban J connectivity index is 1.64. The normalized spacial score (nSPS) is 11.2. The predicted octanol–water partition coefficient (Wildman–Crippen LogP) is 3.76. The van der Waals surface area contributed by atoms with Gasteiger partial charge in [0.1, 0.15) is 17.8 Å². The summed E-state index contributed by atoms with van der Waals surface area (Å²) in [5.41, 5.74) is 2.04. The number of pyridine rings is 1. The molecule has 4 rings (SSSR count). The van der Waals surface area contributed by atoms with Gasteiger partial charge in [-0.2, -0.15) is 0 Å². The number of carbonyl (C=O) groups is 1. The molecule has 26 heavy (non-hydrogen) atoms. The van der Waals surface area contributed by atoms with Crippen molar-refractivity contribution in [2.24, 2.45) is 0 Å². The lowest BCUT2D eigenvalue weighted by atomic mass is 10.1. The summed E-state index contributed by atoms with van der Waals surface area (Å²) in [6, 6.07) is 10.1. The zero-order valence-corrected chi connectivity index (χ0v) is 14.5. The molecule has 0 radical (unpaired) electrons. The van der Waals surface area contributed by atoms with Gasteiger partial charge >= 0.3 is 11.6 Å². The smallest absolute Gasteiger partial charge is 0.358 e. The molecule has 0 spiro atoms. The summed E-state index contributed by atoms with van der Waals surface area (Å²) >= 11 is 6.16. The van der Waals surface area contributed by atoms with Gasteiger partial charge in [0.05, 0.1) is 0 Å². The van der Waals surface area contributed by atoms with E-state index in [1.165, 1.54) is 6.07 Å². The van der Waals surface area contributed by atoms with Crippen LogP contribution in [0.5, 0.6) is 0 Å². The van der Waals surface area contributed by atoms with Gasteiger partial charge in [-0.1, -0.05) is 17.7 Å². The van der Waals surface area contributed by atoms with Crippen molar-refractivity contribution in [3.05, 3.63) is 81.1 Å². The number of benzene rings is 1. The number of rotatable bonds is 3. The van der Waals surface area contributed by atoms with Crippen molar-refractivity contribution in [3.63, 3.8) is 0 Å². The zero-order valence-electron chi connectivity index (χ0n) is 13.7. The molecule has 3 heterocycles. The fraction of sp³-hybridized carbons (Fsp3) is 0.105. The molecule has 0 amide bonds. The molecule has 0 aliphatic heterocycles. The van der Waals surface area contributed by atoms with Gasteiger partial charge in [0.15, 0.2) is 5.69 Å². The Hall–Kier alpha value is -3.12. The van der Waals surface area contributed by atoms with Gasteiger partial charge < -0.3 is 13.6 Å². The van der Waals surface area contributed by atoms with E-state index in [0.717, 1.165) is 5.56 Å². The van der Waals surface area contributed by atoms with Gasteiger partial charge in [-0.3, -0.25) is 0 Å². The maximum Gasteiger partial charge on any atom is 0.358 e. The van der Waals surface area contributed by atoms with Crippen LogP contribution in [0.2, 0.25) is 5.02 Å². The number of hydrogen-bond acceptors (Lipinski definition) is 5. The predicted molar refractivity (Wildman–Crippen MR) is 96.5 cm³/mol. The van der Waals surface area contributed by atoms with Crippen molar-refractivity contribution < 1.29 is 13.9 Å². The minimum absolute atomic E-state index is 0.0891. The molecule has 0 saturated heterocycles. The van der Waals surface area contributed by atoms with Gasteiger partial charge in [-0.15, -0.1) is 0 Å². The Morgan fingerprint density at radius 1 is 1.31 bits per heavy atom. The number of aryl methyl sites for hydroxylation is 1. The third-order valence-electron chi connectivity index (χ3n) is 4.04. The molecule has 0 unspecified atom stereocenters. The fourth-order valence-corrected chi connectivity index (χ4v) is 2.88. The topological polar surface area (TPSA) is 73.8 Å². The number of hydrogen-bond donors (Lipinski definition) is 0. The van der Waals surface area contributed by atoms with Crippen LogP contribution < -0.4 is 5.63 Å². The number of aromatic nitrogens is 2. The maximum atomic E-state index is 12.3. The van der Waals surface area contributed by atoms with E-state index in [1.807, 2.05) is 19.1 Å². The highest BCUT2D eigenvalue weighted by Gasteiger charge is 2.14. The Labute approximate surface area is 152 Å². The van der Waals surface area contributed by atoms with E-state index < -0.39 is 11.6 Å². The van der Waals surface area contributed by atoms with E-state index in [-0.39, 0.29) is 12.3 Å². The van der Waals surface area contributed by atoms with E-state index in [0.29, 0.717) is 27.2 Å². The fourth-order valence-electron chi connectivity index (χ4n) is 2.72. The molecule has 1 aromatic carbocycles. The second-order valence-electron chi connectivity index (χ2n) is 5.86. The van der Waals surface area contributed by atoms with E-state index in [2.05, 4.69) is 4.98 Å². The van der Waals surface area contributed by atoms with Gasteiger partial charge in [-0.05, 0) is 36.8 Å². The van der Waals surface area contributed by atoms with Crippen molar-refractivity contribution >= 4 is 34.2 Å². The highest BCUT2D eigenvalue weighted by Crippen LogP contribution is 2.25. The maximum absolute atomic E-state index is 12.3. The van der Waals surface area contributed by atoms with Crippen molar-refractivity contribution in [2.45, 2.75) is 13.5 Å². The highest BCUT2D eigenvalue weighted by molar-refractivity contribution is 6.32. The molecule has 0 atom stereocenters. The van der Waals surface area contributed by atoms with Crippen molar-refractivity contribution in [1.29, 1.82) is 0 Å². The number of halogens is 1. The first kappa shape index (κ1) is 16.4. The summed E-state index contributed by atoms with van der Waals surface area (Å²) in [7, 11) is 0.